The van der Waals surface area contributed by atoms with Gasteiger partial charge in [-0.3, -0.25) is 9.59 Å². The lowest BCUT2D eigenvalue weighted by Crippen LogP contribution is -2.41. The number of nitrogens with zero attached hydrogens (tertiary/aromatic N) is 1. The Bertz CT molecular complexity index is 909. The molecule has 3 aromatic rings. The lowest BCUT2D eigenvalue weighted by Gasteiger charge is -2.31. The zero-order valence-corrected chi connectivity index (χ0v) is 16.3. The number of amides is 2. The molecule has 0 spiro atoms. The molecule has 2 aromatic heterocycles. The Hall–Kier alpha value is -2.86. The molecule has 0 aliphatic carbocycles. The molecule has 1 saturated heterocycles. The van der Waals surface area contributed by atoms with Crippen LogP contribution in [0.25, 0.3) is 11.1 Å². The van der Waals surface area contributed by atoms with E-state index in [1.807, 2.05) is 34.5 Å². The first kappa shape index (κ1) is 18.5. The Morgan fingerprint density at radius 1 is 1.04 bits per heavy atom. The fourth-order valence-electron chi connectivity index (χ4n) is 3.49. The van der Waals surface area contributed by atoms with Crippen LogP contribution in [-0.2, 0) is 0 Å². The van der Waals surface area contributed by atoms with Gasteiger partial charge in [-0.2, -0.15) is 11.3 Å². The van der Waals surface area contributed by atoms with Crippen molar-refractivity contribution in [2.45, 2.75) is 12.8 Å². The van der Waals surface area contributed by atoms with Crippen molar-refractivity contribution >= 4 is 23.2 Å². The molecule has 1 fully saturated rings. The highest BCUT2D eigenvalue weighted by Crippen LogP contribution is 2.22. The number of piperidine rings is 1. The molecule has 5 nitrogen and oxygen atoms in total. The summed E-state index contributed by atoms with van der Waals surface area (Å²) in [6.07, 6.45) is 4.78. The van der Waals surface area contributed by atoms with Crippen LogP contribution >= 0.6 is 11.3 Å². The van der Waals surface area contributed by atoms with Crippen LogP contribution in [0.3, 0.4) is 0 Å². The molecule has 0 radical (unpaired) electrons. The highest BCUT2D eigenvalue weighted by Gasteiger charge is 2.24. The van der Waals surface area contributed by atoms with E-state index < -0.39 is 0 Å². The number of carbonyl (C=O) groups excluding carboxylic acids is 2. The van der Waals surface area contributed by atoms with E-state index in [2.05, 4.69) is 16.8 Å². The van der Waals surface area contributed by atoms with Crippen molar-refractivity contribution < 1.29 is 14.0 Å². The molecule has 1 aliphatic rings. The predicted molar refractivity (Wildman–Crippen MR) is 109 cm³/mol. The standard InChI is InChI=1S/C22H22N2O3S/c25-21(18-3-1-17(2-4-18)20-8-12-28-15-20)23-13-16-5-9-24(10-6-16)22(26)19-7-11-27-14-19/h1-4,7-8,11-12,14-16H,5-6,9-10,13H2,(H,23,25). The SMILES string of the molecule is O=C(NCC1CCN(C(=O)c2ccoc2)CC1)c1ccc(-c2ccsc2)cc1. The highest BCUT2D eigenvalue weighted by molar-refractivity contribution is 7.08. The molecule has 4 rings (SSSR count). The molecular formula is C22H22N2O3S. The molecule has 6 heteroatoms. The van der Waals surface area contributed by atoms with Crippen LogP contribution in [0.4, 0.5) is 0 Å². The van der Waals surface area contributed by atoms with Crippen LogP contribution in [0, 0.1) is 5.92 Å². The number of rotatable bonds is 5. The smallest absolute Gasteiger partial charge is 0.257 e. The van der Waals surface area contributed by atoms with Crippen molar-refractivity contribution in [2.24, 2.45) is 5.92 Å². The Labute approximate surface area is 168 Å². The lowest BCUT2D eigenvalue weighted by molar-refractivity contribution is 0.0683. The largest absolute Gasteiger partial charge is 0.472 e. The van der Waals surface area contributed by atoms with E-state index in [4.69, 9.17) is 4.42 Å². The minimum atomic E-state index is -0.0474. The number of nitrogens with one attached hydrogen (secondary N) is 1. The normalized spacial score (nSPS) is 14.8. The maximum atomic E-state index is 12.4. The van der Waals surface area contributed by atoms with Crippen LogP contribution in [0.5, 0.6) is 0 Å². The quantitative estimate of drug-likeness (QED) is 0.702. The van der Waals surface area contributed by atoms with Crippen molar-refractivity contribution in [3.63, 3.8) is 0 Å². The molecule has 1 N–H and O–H groups in total. The fourth-order valence-corrected chi connectivity index (χ4v) is 4.16. The van der Waals surface area contributed by atoms with Crippen molar-refractivity contribution in [1.82, 2.24) is 10.2 Å². The summed E-state index contributed by atoms with van der Waals surface area (Å²) in [6, 6.07) is 11.5. The first-order valence-electron chi connectivity index (χ1n) is 9.43. The molecule has 2 amide bonds. The van der Waals surface area contributed by atoms with Gasteiger partial charge in [-0.05, 0) is 64.9 Å². The van der Waals surface area contributed by atoms with Crippen LogP contribution < -0.4 is 5.32 Å². The van der Waals surface area contributed by atoms with Crippen LogP contribution in [-0.4, -0.2) is 36.3 Å². The van der Waals surface area contributed by atoms with E-state index in [1.165, 1.54) is 18.1 Å². The number of thiophene rings is 1. The van der Waals surface area contributed by atoms with Gasteiger partial charge in [0.15, 0.2) is 0 Å². The molecule has 28 heavy (non-hydrogen) atoms. The zero-order valence-electron chi connectivity index (χ0n) is 15.5. The third-order valence-electron chi connectivity index (χ3n) is 5.22. The molecule has 0 bridgehead atoms. The minimum Gasteiger partial charge on any atom is -0.472 e. The third kappa shape index (κ3) is 4.17. The molecule has 1 aromatic carbocycles. The summed E-state index contributed by atoms with van der Waals surface area (Å²) in [6.45, 7) is 2.05. The summed E-state index contributed by atoms with van der Waals surface area (Å²) in [5.74, 6) is 0.359. The first-order chi connectivity index (χ1) is 13.7. The van der Waals surface area contributed by atoms with Crippen LogP contribution in [0.2, 0.25) is 0 Å². The van der Waals surface area contributed by atoms with Gasteiger partial charge in [0.25, 0.3) is 11.8 Å². The van der Waals surface area contributed by atoms with E-state index in [-0.39, 0.29) is 11.8 Å². The highest BCUT2D eigenvalue weighted by atomic mass is 32.1. The van der Waals surface area contributed by atoms with Crippen LogP contribution in [0.1, 0.15) is 33.6 Å². The summed E-state index contributed by atoms with van der Waals surface area (Å²) in [5.41, 5.74) is 3.56. The van der Waals surface area contributed by atoms with Gasteiger partial charge in [0.1, 0.15) is 6.26 Å². The molecule has 0 unspecified atom stereocenters. The van der Waals surface area contributed by atoms with E-state index in [1.54, 1.807) is 17.4 Å². The number of hydrogen-bond donors (Lipinski definition) is 1. The number of benzene rings is 1. The number of likely N-dealkylation sites (tertiary alicyclic amines) is 1. The van der Waals surface area contributed by atoms with Gasteiger partial charge in [0, 0.05) is 25.2 Å². The van der Waals surface area contributed by atoms with Crippen molar-refractivity contribution in [2.75, 3.05) is 19.6 Å². The predicted octanol–water partition coefficient (Wildman–Crippen LogP) is 4.29. The minimum absolute atomic E-state index is 0.0157. The molecule has 0 atom stereocenters. The molecule has 0 saturated carbocycles. The van der Waals surface area contributed by atoms with E-state index in [9.17, 15) is 9.59 Å². The number of carbonyl (C=O) groups is 2. The maximum absolute atomic E-state index is 12.4. The fraction of sp³-hybridized carbons (Fsp3) is 0.273. The van der Waals surface area contributed by atoms with Gasteiger partial charge in [-0.25, -0.2) is 0 Å². The average Bonchev–Trinajstić information content (AvgIpc) is 3.46. The Balaban J connectivity index is 1.25. The summed E-state index contributed by atoms with van der Waals surface area (Å²) >= 11 is 1.66. The van der Waals surface area contributed by atoms with Crippen molar-refractivity contribution in [3.8, 4) is 11.1 Å². The molecule has 3 heterocycles. The van der Waals surface area contributed by atoms with E-state index >= 15 is 0 Å². The Morgan fingerprint density at radius 2 is 1.82 bits per heavy atom. The zero-order chi connectivity index (χ0) is 19.3. The monoisotopic (exact) mass is 394 g/mol. The summed E-state index contributed by atoms with van der Waals surface area (Å²) in [4.78, 5) is 26.6. The third-order valence-corrected chi connectivity index (χ3v) is 5.91. The van der Waals surface area contributed by atoms with Gasteiger partial charge < -0.3 is 14.6 Å². The van der Waals surface area contributed by atoms with E-state index in [0.29, 0.717) is 36.7 Å². The maximum Gasteiger partial charge on any atom is 0.257 e. The first-order valence-corrected chi connectivity index (χ1v) is 10.4. The second kappa shape index (κ2) is 8.44. The van der Waals surface area contributed by atoms with Gasteiger partial charge in [0.2, 0.25) is 0 Å². The van der Waals surface area contributed by atoms with Crippen LogP contribution in [0.15, 0.2) is 64.1 Å². The number of furan rings is 1. The van der Waals surface area contributed by atoms with Gasteiger partial charge >= 0.3 is 0 Å². The molecular weight excluding hydrogens is 372 g/mol. The second-order valence-electron chi connectivity index (χ2n) is 7.05. The summed E-state index contributed by atoms with van der Waals surface area (Å²) < 4.78 is 4.99. The summed E-state index contributed by atoms with van der Waals surface area (Å²) in [5, 5.41) is 7.18. The van der Waals surface area contributed by atoms with Gasteiger partial charge in [-0.15, -0.1) is 0 Å². The van der Waals surface area contributed by atoms with Crippen molar-refractivity contribution in [3.05, 3.63) is 70.8 Å². The van der Waals surface area contributed by atoms with E-state index in [0.717, 1.165) is 18.4 Å². The molecule has 144 valence electrons. The van der Waals surface area contributed by atoms with Gasteiger partial charge in [0.05, 0.1) is 11.8 Å². The Morgan fingerprint density at radius 3 is 2.46 bits per heavy atom. The lowest BCUT2D eigenvalue weighted by atomic mass is 9.96. The second-order valence-corrected chi connectivity index (χ2v) is 7.83. The van der Waals surface area contributed by atoms with Gasteiger partial charge in [-0.1, -0.05) is 12.1 Å². The average molecular weight is 394 g/mol. The number of hydrogen-bond acceptors (Lipinski definition) is 4. The molecule has 1 aliphatic heterocycles. The summed E-state index contributed by atoms with van der Waals surface area (Å²) in [7, 11) is 0. The topological polar surface area (TPSA) is 62.6 Å². The van der Waals surface area contributed by atoms with Crippen molar-refractivity contribution in [1.29, 1.82) is 0 Å². The Kier molecular flexibility index (Phi) is 5.58.